The predicted molar refractivity (Wildman–Crippen MR) is 71.4 cm³/mol. The Hall–Kier alpha value is -1.68. The second-order valence-electron chi connectivity index (χ2n) is 5.51. The standard InChI is InChI=1S/C14H17N3O/c1-14(2)11(7-12(14)18)17-13-8-15-9-5-3-4-6-10(9)16-13/h3-6,8,11-12,18H,7H2,1-2H3,(H,16,17). The average molecular weight is 243 g/mol. The summed E-state index contributed by atoms with van der Waals surface area (Å²) < 4.78 is 0. The van der Waals surface area contributed by atoms with E-state index in [4.69, 9.17) is 0 Å². The lowest BCUT2D eigenvalue weighted by molar-refractivity contribution is -0.0511. The van der Waals surface area contributed by atoms with Crippen LogP contribution in [0.1, 0.15) is 20.3 Å². The van der Waals surface area contributed by atoms with Gasteiger partial charge < -0.3 is 10.4 Å². The third-order valence-corrected chi connectivity index (χ3v) is 3.99. The van der Waals surface area contributed by atoms with Crippen LogP contribution in [0, 0.1) is 5.41 Å². The van der Waals surface area contributed by atoms with Crippen molar-refractivity contribution in [3.05, 3.63) is 30.5 Å². The Morgan fingerprint density at radius 3 is 2.67 bits per heavy atom. The molecule has 1 saturated carbocycles. The van der Waals surface area contributed by atoms with Gasteiger partial charge in [0.05, 0.1) is 23.3 Å². The van der Waals surface area contributed by atoms with Gasteiger partial charge in [0.15, 0.2) is 0 Å². The van der Waals surface area contributed by atoms with Gasteiger partial charge in [0.25, 0.3) is 0 Å². The molecule has 2 aromatic rings. The smallest absolute Gasteiger partial charge is 0.145 e. The number of benzene rings is 1. The molecule has 0 bridgehead atoms. The monoisotopic (exact) mass is 243 g/mol. The number of nitrogens with zero attached hydrogens (tertiary/aromatic N) is 2. The second kappa shape index (κ2) is 3.92. The van der Waals surface area contributed by atoms with Gasteiger partial charge in [0, 0.05) is 11.5 Å². The maximum Gasteiger partial charge on any atom is 0.145 e. The molecule has 0 amide bonds. The van der Waals surface area contributed by atoms with Crippen molar-refractivity contribution in [3.8, 4) is 0 Å². The first kappa shape index (κ1) is 11.4. The van der Waals surface area contributed by atoms with Crippen LogP contribution in [0.4, 0.5) is 5.82 Å². The Labute approximate surface area is 106 Å². The van der Waals surface area contributed by atoms with Gasteiger partial charge in [0.1, 0.15) is 5.82 Å². The number of para-hydroxylation sites is 2. The predicted octanol–water partition coefficient (Wildman–Crippen LogP) is 2.20. The van der Waals surface area contributed by atoms with Crippen molar-refractivity contribution in [3.63, 3.8) is 0 Å². The van der Waals surface area contributed by atoms with Crippen LogP contribution in [-0.4, -0.2) is 27.2 Å². The van der Waals surface area contributed by atoms with Crippen molar-refractivity contribution in [2.45, 2.75) is 32.4 Å². The molecule has 0 radical (unpaired) electrons. The minimum atomic E-state index is -0.233. The van der Waals surface area contributed by atoms with Crippen LogP contribution in [0.15, 0.2) is 30.5 Å². The average Bonchev–Trinajstić information content (AvgIpc) is 2.38. The highest BCUT2D eigenvalue weighted by atomic mass is 16.3. The maximum atomic E-state index is 9.72. The molecular weight excluding hydrogens is 226 g/mol. The van der Waals surface area contributed by atoms with E-state index in [0.29, 0.717) is 0 Å². The zero-order chi connectivity index (χ0) is 12.8. The summed E-state index contributed by atoms with van der Waals surface area (Å²) in [5.74, 6) is 0.777. The molecule has 1 aliphatic rings. The molecule has 2 atom stereocenters. The van der Waals surface area contributed by atoms with E-state index in [0.717, 1.165) is 23.3 Å². The van der Waals surface area contributed by atoms with E-state index in [1.807, 2.05) is 24.3 Å². The van der Waals surface area contributed by atoms with Crippen LogP contribution in [0.5, 0.6) is 0 Å². The summed E-state index contributed by atoms with van der Waals surface area (Å²) in [6.07, 6.45) is 2.29. The summed E-state index contributed by atoms with van der Waals surface area (Å²) in [6, 6.07) is 8.06. The van der Waals surface area contributed by atoms with Crippen LogP contribution in [0.25, 0.3) is 11.0 Å². The SMILES string of the molecule is CC1(C)C(O)CC1Nc1cnc2ccccc2n1. The minimum absolute atomic E-state index is 0.104. The van der Waals surface area contributed by atoms with E-state index >= 15 is 0 Å². The van der Waals surface area contributed by atoms with Crippen LogP contribution in [-0.2, 0) is 0 Å². The molecule has 4 heteroatoms. The fraction of sp³-hybridized carbons (Fsp3) is 0.429. The highest BCUT2D eigenvalue weighted by Gasteiger charge is 2.47. The maximum absolute atomic E-state index is 9.72. The first-order chi connectivity index (χ1) is 8.57. The number of anilines is 1. The van der Waals surface area contributed by atoms with Gasteiger partial charge >= 0.3 is 0 Å². The molecule has 1 fully saturated rings. The molecule has 1 aromatic heterocycles. The van der Waals surface area contributed by atoms with Gasteiger partial charge in [-0.3, -0.25) is 4.98 Å². The van der Waals surface area contributed by atoms with Crippen molar-refractivity contribution in [2.24, 2.45) is 5.41 Å². The van der Waals surface area contributed by atoms with E-state index in [1.54, 1.807) is 6.20 Å². The van der Waals surface area contributed by atoms with Crippen LogP contribution >= 0.6 is 0 Å². The number of hydrogen-bond donors (Lipinski definition) is 2. The summed E-state index contributed by atoms with van der Waals surface area (Å²) in [6.45, 7) is 4.13. The lowest BCUT2D eigenvalue weighted by Gasteiger charge is -2.49. The van der Waals surface area contributed by atoms with Crippen molar-refractivity contribution >= 4 is 16.9 Å². The molecule has 1 aliphatic carbocycles. The Morgan fingerprint density at radius 1 is 1.28 bits per heavy atom. The van der Waals surface area contributed by atoms with Gasteiger partial charge in [-0.25, -0.2) is 4.98 Å². The van der Waals surface area contributed by atoms with Gasteiger partial charge in [-0.05, 0) is 18.6 Å². The van der Waals surface area contributed by atoms with Gasteiger partial charge in [-0.2, -0.15) is 0 Å². The molecule has 0 aliphatic heterocycles. The van der Waals surface area contributed by atoms with Crippen molar-refractivity contribution in [2.75, 3.05) is 5.32 Å². The fourth-order valence-electron chi connectivity index (χ4n) is 2.35. The molecule has 2 unspecified atom stereocenters. The van der Waals surface area contributed by atoms with Gasteiger partial charge in [0.2, 0.25) is 0 Å². The summed E-state index contributed by atoms with van der Waals surface area (Å²) in [7, 11) is 0. The Bertz CT molecular complexity index is 582. The largest absolute Gasteiger partial charge is 0.392 e. The molecule has 0 saturated heterocycles. The lowest BCUT2D eigenvalue weighted by Crippen LogP contribution is -2.57. The lowest BCUT2D eigenvalue weighted by atomic mass is 9.64. The molecule has 3 rings (SSSR count). The number of nitrogens with one attached hydrogen (secondary N) is 1. The Morgan fingerprint density at radius 2 is 2.00 bits per heavy atom. The van der Waals surface area contributed by atoms with Crippen LogP contribution in [0.2, 0.25) is 0 Å². The van der Waals surface area contributed by atoms with Crippen molar-refractivity contribution in [1.29, 1.82) is 0 Å². The molecule has 1 heterocycles. The molecule has 18 heavy (non-hydrogen) atoms. The molecule has 4 nitrogen and oxygen atoms in total. The normalized spacial score (nSPS) is 25.7. The number of aliphatic hydroxyl groups excluding tert-OH is 1. The Balaban J connectivity index is 1.83. The molecule has 2 N–H and O–H groups in total. The molecule has 94 valence electrons. The first-order valence-electron chi connectivity index (χ1n) is 6.24. The van der Waals surface area contributed by atoms with E-state index in [1.165, 1.54) is 0 Å². The number of rotatable bonds is 2. The van der Waals surface area contributed by atoms with Gasteiger partial charge in [-0.15, -0.1) is 0 Å². The summed E-state index contributed by atoms with van der Waals surface area (Å²) in [4.78, 5) is 8.90. The molecular formula is C14H17N3O. The van der Waals surface area contributed by atoms with Crippen molar-refractivity contribution in [1.82, 2.24) is 9.97 Å². The Kier molecular flexibility index (Phi) is 2.48. The fourth-order valence-corrected chi connectivity index (χ4v) is 2.35. The van der Waals surface area contributed by atoms with Gasteiger partial charge in [-0.1, -0.05) is 26.0 Å². The topological polar surface area (TPSA) is 58.0 Å². The zero-order valence-corrected chi connectivity index (χ0v) is 10.6. The molecule has 0 spiro atoms. The highest BCUT2D eigenvalue weighted by Crippen LogP contribution is 2.41. The number of fused-ring (bicyclic) bond motifs is 1. The summed E-state index contributed by atoms with van der Waals surface area (Å²) >= 11 is 0. The summed E-state index contributed by atoms with van der Waals surface area (Å²) in [5.41, 5.74) is 1.68. The van der Waals surface area contributed by atoms with E-state index in [-0.39, 0.29) is 17.6 Å². The quantitative estimate of drug-likeness (QED) is 0.849. The van der Waals surface area contributed by atoms with Crippen molar-refractivity contribution < 1.29 is 5.11 Å². The van der Waals surface area contributed by atoms with E-state index in [9.17, 15) is 5.11 Å². The summed E-state index contributed by atoms with van der Waals surface area (Å²) in [5, 5.41) is 13.1. The van der Waals surface area contributed by atoms with E-state index in [2.05, 4.69) is 29.1 Å². The van der Waals surface area contributed by atoms with Crippen LogP contribution in [0.3, 0.4) is 0 Å². The second-order valence-corrected chi connectivity index (χ2v) is 5.51. The number of hydrogen-bond acceptors (Lipinski definition) is 4. The zero-order valence-electron chi connectivity index (χ0n) is 10.6. The minimum Gasteiger partial charge on any atom is -0.392 e. The number of aliphatic hydroxyl groups is 1. The molecule has 1 aromatic carbocycles. The van der Waals surface area contributed by atoms with Crippen LogP contribution < -0.4 is 5.32 Å². The number of aromatic nitrogens is 2. The highest BCUT2D eigenvalue weighted by molar-refractivity contribution is 5.75. The third kappa shape index (κ3) is 1.73. The third-order valence-electron chi connectivity index (χ3n) is 3.99. The first-order valence-corrected chi connectivity index (χ1v) is 6.24. The van der Waals surface area contributed by atoms with E-state index < -0.39 is 0 Å².